The van der Waals surface area contributed by atoms with Crippen molar-refractivity contribution in [1.82, 2.24) is 0 Å². The van der Waals surface area contributed by atoms with Crippen LogP contribution in [0, 0.1) is 12.3 Å². The van der Waals surface area contributed by atoms with Crippen molar-refractivity contribution in [3.8, 4) is 12.3 Å². The molecule has 0 fully saturated rings. The second-order valence-electron chi connectivity index (χ2n) is 2.89. The maximum Gasteiger partial charge on any atom is 0.299 e. The molecule has 0 saturated heterocycles. The topological polar surface area (TPSA) is 3.88 Å². The fraction of sp³-hybridized carbons (Fsp3) is 0.182. The van der Waals surface area contributed by atoms with Gasteiger partial charge in [0.25, 0.3) is 4.34 Å². The quantitative estimate of drug-likeness (QED) is 0.468. The Morgan fingerprint density at radius 1 is 1.47 bits per heavy atom. The number of fused-ring (bicyclic) bond motifs is 1. The monoisotopic (exact) mass is 300 g/mol. The molecule has 1 heterocycles. The predicted octanol–water partition coefficient (Wildman–Crippen LogP) is 3.03. The molecule has 0 aliphatic heterocycles. The molecule has 0 unspecified atom stereocenters. The number of para-hydroxylation sites is 1. The zero-order chi connectivity index (χ0) is 9.97. The molecule has 1 nitrogen and oxygen atoms in total. The molecule has 0 atom stereocenters. The molecule has 78 valence electrons. The Hall–Kier alpha value is -0.500. The molecule has 2 rings (SSSR count). The zero-order valence-electron chi connectivity index (χ0n) is 8.27. The molecular formula is C11H11BrNS2+. The normalized spacial score (nSPS) is 9.60. The number of hydrogen-bond donors (Lipinski definition) is 0. The summed E-state index contributed by atoms with van der Waals surface area (Å²) >= 11 is 3.51. The molecule has 0 saturated carbocycles. The summed E-state index contributed by atoms with van der Waals surface area (Å²) in [6.45, 7) is 0. The first-order chi connectivity index (χ1) is 6.83. The zero-order valence-corrected chi connectivity index (χ0v) is 11.6. The van der Waals surface area contributed by atoms with E-state index >= 15 is 0 Å². The molecule has 2 aromatic rings. The molecule has 0 N–H and O–H groups in total. The second kappa shape index (κ2) is 5.55. The van der Waals surface area contributed by atoms with Crippen molar-refractivity contribution < 1.29 is 4.57 Å². The van der Waals surface area contributed by atoms with Gasteiger partial charge in [-0.3, -0.25) is 0 Å². The lowest BCUT2D eigenvalue weighted by molar-refractivity contribution is -0.676. The number of hydrogen-bond acceptors (Lipinski definition) is 2. The van der Waals surface area contributed by atoms with Crippen molar-refractivity contribution in [2.45, 2.75) is 4.34 Å². The average Bonchev–Trinajstić information content (AvgIpc) is 2.54. The van der Waals surface area contributed by atoms with Crippen LogP contribution in [-0.2, 0) is 7.05 Å². The molecule has 4 heteroatoms. The smallest absolute Gasteiger partial charge is 0.179 e. The minimum atomic E-state index is 0. The first kappa shape index (κ1) is 12.6. The lowest BCUT2D eigenvalue weighted by Crippen LogP contribution is -2.28. The molecule has 1 aromatic carbocycles. The number of terminal acetylenes is 1. The molecule has 0 amide bonds. The highest BCUT2D eigenvalue weighted by Crippen LogP contribution is 2.26. The number of nitrogens with zero attached hydrogens (tertiary/aromatic N) is 1. The highest BCUT2D eigenvalue weighted by Gasteiger charge is 2.15. The van der Waals surface area contributed by atoms with Gasteiger partial charge in [0.05, 0.1) is 5.75 Å². The van der Waals surface area contributed by atoms with Crippen molar-refractivity contribution >= 4 is 50.3 Å². The SMILES string of the molecule is Br.C#CCSc1sc2ccccc2[n+]1C. The summed E-state index contributed by atoms with van der Waals surface area (Å²) in [7, 11) is 2.08. The molecule has 0 spiro atoms. The number of thiazole rings is 1. The molecule has 15 heavy (non-hydrogen) atoms. The highest BCUT2D eigenvalue weighted by molar-refractivity contribution is 8.93. The van der Waals surface area contributed by atoms with E-state index in [1.807, 2.05) is 0 Å². The molecule has 0 radical (unpaired) electrons. The van der Waals surface area contributed by atoms with Gasteiger partial charge in [-0.2, -0.15) is 4.57 Å². The number of rotatable bonds is 2. The second-order valence-corrected chi connectivity index (χ2v) is 5.14. The summed E-state index contributed by atoms with van der Waals surface area (Å²) in [5, 5.41) is 0. The van der Waals surface area contributed by atoms with Crippen LogP contribution in [0.5, 0.6) is 0 Å². The third-order valence-corrected chi connectivity index (χ3v) is 4.43. The molecular weight excluding hydrogens is 290 g/mol. The van der Waals surface area contributed by atoms with Crippen LogP contribution in [0.1, 0.15) is 0 Å². The highest BCUT2D eigenvalue weighted by atomic mass is 79.9. The number of thioether (sulfide) groups is 1. The van der Waals surface area contributed by atoms with E-state index in [0.29, 0.717) is 0 Å². The summed E-state index contributed by atoms with van der Waals surface area (Å²) in [5.41, 5.74) is 1.28. The van der Waals surface area contributed by atoms with E-state index < -0.39 is 0 Å². The van der Waals surface area contributed by atoms with Crippen LogP contribution in [-0.4, -0.2) is 5.75 Å². The number of benzene rings is 1. The summed E-state index contributed by atoms with van der Waals surface area (Å²) in [6, 6.07) is 8.39. The predicted molar refractivity (Wildman–Crippen MR) is 72.9 cm³/mol. The summed E-state index contributed by atoms with van der Waals surface area (Å²) in [4.78, 5) is 0. The molecule has 1 aromatic heterocycles. The van der Waals surface area contributed by atoms with Crippen LogP contribution in [0.4, 0.5) is 0 Å². The van der Waals surface area contributed by atoms with Crippen molar-refractivity contribution in [3.05, 3.63) is 24.3 Å². The average molecular weight is 301 g/mol. The minimum absolute atomic E-state index is 0. The molecule has 0 aliphatic carbocycles. The van der Waals surface area contributed by atoms with Gasteiger partial charge in [0.15, 0.2) is 0 Å². The third-order valence-electron chi connectivity index (χ3n) is 1.98. The van der Waals surface area contributed by atoms with Crippen LogP contribution >= 0.6 is 40.1 Å². The molecule has 0 bridgehead atoms. The molecule has 0 aliphatic rings. The standard InChI is InChI=1S/C11H10NS2.BrH/c1-3-8-13-11-12(2)9-6-4-5-7-10(9)14-11;/h1,4-7H,8H2,2H3;1H/q+1;. The van der Waals surface area contributed by atoms with Crippen molar-refractivity contribution in [1.29, 1.82) is 0 Å². The summed E-state index contributed by atoms with van der Waals surface area (Å²) in [6.07, 6.45) is 5.25. The maximum absolute atomic E-state index is 5.25. The van der Waals surface area contributed by atoms with Gasteiger partial charge >= 0.3 is 0 Å². The minimum Gasteiger partial charge on any atom is -0.179 e. The van der Waals surface area contributed by atoms with Gasteiger partial charge in [-0.15, -0.1) is 23.4 Å². The first-order valence-electron chi connectivity index (χ1n) is 4.27. The Morgan fingerprint density at radius 2 is 2.20 bits per heavy atom. The fourth-order valence-corrected chi connectivity index (χ4v) is 3.37. The van der Waals surface area contributed by atoms with E-state index in [4.69, 9.17) is 6.42 Å². The number of aryl methyl sites for hydroxylation is 1. The Balaban J connectivity index is 0.00000112. The van der Waals surface area contributed by atoms with Gasteiger partial charge in [0.1, 0.15) is 11.7 Å². The summed E-state index contributed by atoms with van der Waals surface area (Å²) in [5.74, 6) is 3.38. The van der Waals surface area contributed by atoms with Crippen LogP contribution < -0.4 is 4.57 Å². The van der Waals surface area contributed by atoms with Gasteiger partial charge < -0.3 is 0 Å². The van der Waals surface area contributed by atoms with Gasteiger partial charge in [-0.05, 0) is 17.8 Å². The van der Waals surface area contributed by atoms with Gasteiger partial charge in [-0.1, -0.05) is 29.4 Å². The van der Waals surface area contributed by atoms with Crippen molar-refractivity contribution in [2.75, 3.05) is 5.75 Å². The Morgan fingerprint density at radius 3 is 2.87 bits per heavy atom. The Bertz CT molecular complexity index is 499. The Labute approximate surface area is 108 Å². The fourth-order valence-electron chi connectivity index (χ4n) is 1.31. The van der Waals surface area contributed by atoms with Gasteiger partial charge in [0, 0.05) is 6.07 Å². The third kappa shape index (κ3) is 2.54. The number of aromatic nitrogens is 1. The Kier molecular flexibility index (Phi) is 4.65. The van der Waals surface area contributed by atoms with E-state index in [2.05, 4.69) is 41.8 Å². The van der Waals surface area contributed by atoms with E-state index in [9.17, 15) is 0 Å². The lowest BCUT2D eigenvalue weighted by Gasteiger charge is -1.87. The van der Waals surface area contributed by atoms with Crippen LogP contribution in [0.2, 0.25) is 0 Å². The van der Waals surface area contributed by atoms with Crippen LogP contribution in [0.25, 0.3) is 10.2 Å². The first-order valence-corrected chi connectivity index (χ1v) is 6.07. The van der Waals surface area contributed by atoms with Gasteiger partial charge in [-0.25, -0.2) is 0 Å². The van der Waals surface area contributed by atoms with Gasteiger partial charge in [0.2, 0.25) is 5.52 Å². The van der Waals surface area contributed by atoms with E-state index in [-0.39, 0.29) is 17.0 Å². The van der Waals surface area contributed by atoms with E-state index in [1.54, 1.807) is 23.1 Å². The van der Waals surface area contributed by atoms with E-state index in [0.717, 1.165) is 5.75 Å². The lowest BCUT2D eigenvalue weighted by atomic mass is 10.3. The summed E-state index contributed by atoms with van der Waals surface area (Å²) < 4.78 is 4.78. The largest absolute Gasteiger partial charge is 0.299 e. The van der Waals surface area contributed by atoms with E-state index in [1.165, 1.54) is 14.6 Å². The van der Waals surface area contributed by atoms with Crippen LogP contribution in [0.15, 0.2) is 28.6 Å². The van der Waals surface area contributed by atoms with Crippen LogP contribution in [0.3, 0.4) is 0 Å². The van der Waals surface area contributed by atoms with Crippen molar-refractivity contribution in [2.24, 2.45) is 7.05 Å². The maximum atomic E-state index is 5.25. The van der Waals surface area contributed by atoms with Crippen molar-refractivity contribution in [3.63, 3.8) is 0 Å². The number of halogens is 1.